The smallest absolute Gasteiger partial charge is 0.258 e. The molecule has 1 unspecified atom stereocenters. The maximum atomic E-state index is 11.9. The quantitative estimate of drug-likeness (QED) is 0.805. The Labute approximate surface area is 141 Å². The molecule has 0 aliphatic carbocycles. The Balaban J connectivity index is 1.52. The summed E-state index contributed by atoms with van der Waals surface area (Å²) in [5.74, 6) is 1.78. The van der Waals surface area contributed by atoms with Crippen LogP contribution in [0.15, 0.2) is 29.0 Å². The van der Waals surface area contributed by atoms with Crippen LogP contribution in [0.3, 0.4) is 0 Å². The summed E-state index contributed by atoms with van der Waals surface area (Å²) in [6.07, 6.45) is 7.28. The fourth-order valence-electron chi connectivity index (χ4n) is 3.04. The van der Waals surface area contributed by atoms with E-state index in [-0.39, 0.29) is 12.5 Å². The van der Waals surface area contributed by atoms with Crippen molar-refractivity contribution < 1.29 is 14.1 Å². The van der Waals surface area contributed by atoms with Crippen LogP contribution < -0.4 is 0 Å². The zero-order valence-electron chi connectivity index (χ0n) is 13.9. The molecule has 0 N–H and O–H groups in total. The second-order valence-electron chi connectivity index (χ2n) is 6.07. The van der Waals surface area contributed by atoms with Crippen LogP contribution in [-0.2, 0) is 16.0 Å². The molecule has 0 radical (unpaired) electrons. The molecule has 1 aliphatic rings. The molecule has 1 atom stereocenters. The molecule has 1 amide bonds. The maximum Gasteiger partial charge on any atom is 0.258 e. The number of methoxy groups -OCH3 is 1. The molecule has 0 spiro atoms. The number of hydrogen-bond acceptors (Lipinski definition) is 6. The summed E-state index contributed by atoms with van der Waals surface area (Å²) in [4.78, 5) is 22.3. The van der Waals surface area contributed by atoms with Crippen molar-refractivity contribution in [2.75, 3.05) is 26.8 Å². The molecule has 0 saturated carbocycles. The zero-order chi connectivity index (χ0) is 16.8. The third-order valence-corrected chi connectivity index (χ3v) is 4.31. The summed E-state index contributed by atoms with van der Waals surface area (Å²) in [6.45, 7) is 1.78. The number of amides is 1. The highest BCUT2D eigenvalue weighted by molar-refractivity contribution is 5.77. The van der Waals surface area contributed by atoms with Gasteiger partial charge in [-0.05, 0) is 37.3 Å². The lowest BCUT2D eigenvalue weighted by molar-refractivity contribution is -0.137. The molecule has 1 saturated heterocycles. The van der Waals surface area contributed by atoms with E-state index >= 15 is 0 Å². The normalized spacial score (nSPS) is 17.9. The topological polar surface area (TPSA) is 81.4 Å². The maximum absolute atomic E-state index is 11.9. The molecule has 3 rings (SSSR count). The van der Waals surface area contributed by atoms with Gasteiger partial charge in [-0.15, -0.1) is 0 Å². The van der Waals surface area contributed by atoms with Gasteiger partial charge in [-0.3, -0.25) is 9.78 Å². The lowest BCUT2D eigenvalue weighted by Gasteiger charge is -2.32. The second-order valence-corrected chi connectivity index (χ2v) is 6.07. The first-order valence-corrected chi connectivity index (χ1v) is 8.26. The van der Waals surface area contributed by atoms with Crippen molar-refractivity contribution in [1.29, 1.82) is 0 Å². The predicted octanol–water partition coefficient (Wildman–Crippen LogP) is 1.95. The predicted molar refractivity (Wildman–Crippen MR) is 87.0 cm³/mol. The van der Waals surface area contributed by atoms with Crippen molar-refractivity contribution in [2.24, 2.45) is 5.92 Å². The Morgan fingerprint density at radius 2 is 2.25 bits per heavy atom. The van der Waals surface area contributed by atoms with Gasteiger partial charge < -0.3 is 14.2 Å². The van der Waals surface area contributed by atoms with Gasteiger partial charge in [-0.25, -0.2) is 0 Å². The van der Waals surface area contributed by atoms with Crippen molar-refractivity contribution >= 4 is 5.91 Å². The fraction of sp³-hybridized carbons (Fsp3) is 0.529. The first-order chi connectivity index (χ1) is 11.8. The van der Waals surface area contributed by atoms with E-state index in [9.17, 15) is 4.79 Å². The lowest BCUT2D eigenvalue weighted by Crippen LogP contribution is -2.41. The van der Waals surface area contributed by atoms with Crippen LogP contribution in [0.25, 0.3) is 11.5 Å². The first kappa shape index (κ1) is 16.6. The molecular formula is C17H22N4O3. The Morgan fingerprint density at radius 3 is 3.04 bits per heavy atom. The summed E-state index contributed by atoms with van der Waals surface area (Å²) >= 11 is 0. The van der Waals surface area contributed by atoms with Gasteiger partial charge >= 0.3 is 0 Å². The van der Waals surface area contributed by atoms with Crippen LogP contribution in [0.5, 0.6) is 0 Å². The number of hydrogen-bond donors (Lipinski definition) is 0. The van der Waals surface area contributed by atoms with Crippen molar-refractivity contribution in [2.45, 2.75) is 25.7 Å². The van der Waals surface area contributed by atoms with Crippen LogP contribution in [0, 0.1) is 5.92 Å². The van der Waals surface area contributed by atoms with Gasteiger partial charge in [-0.1, -0.05) is 5.16 Å². The van der Waals surface area contributed by atoms with Crippen LogP contribution in [-0.4, -0.2) is 52.7 Å². The van der Waals surface area contributed by atoms with E-state index in [2.05, 4.69) is 15.1 Å². The highest BCUT2D eigenvalue weighted by Crippen LogP contribution is 2.22. The monoisotopic (exact) mass is 330 g/mol. The van der Waals surface area contributed by atoms with Crippen molar-refractivity contribution in [3.05, 3.63) is 30.4 Å². The molecule has 7 nitrogen and oxygen atoms in total. The molecule has 1 aliphatic heterocycles. The van der Waals surface area contributed by atoms with E-state index in [1.807, 2.05) is 17.0 Å². The molecule has 0 bridgehead atoms. The molecule has 2 aromatic heterocycles. The van der Waals surface area contributed by atoms with Gasteiger partial charge in [0.25, 0.3) is 5.89 Å². The van der Waals surface area contributed by atoms with Crippen molar-refractivity contribution in [1.82, 2.24) is 20.0 Å². The SMILES string of the molecule is COCC(=O)N1CCCC(CCc2noc(-c3ccncc3)n2)C1. The number of aromatic nitrogens is 3. The van der Waals surface area contributed by atoms with E-state index in [4.69, 9.17) is 9.26 Å². The van der Waals surface area contributed by atoms with Gasteiger partial charge in [0, 0.05) is 44.6 Å². The van der Waals surface area contributed by atoms with E-state index < -0.39 is 0 Å². The second kappa shape index (κ2) is 8.01. The van der Waals surface area contributed by atoms with E-state index in [1.165, 1.54) is 0 Å². The standard InChI is InChI=1S/C17H22N4O3/c1-23-12-16(22)21-10-2-3-13(11-21)4-5-15-19-17(24-20-15)14-6-8-18-9-7-14/h6-9,13H,2-5,10-12H2,1H3. The number of carbonyl (C=O) groups excluding carboxylic acids is 1. The van der Waals surface area contributed by atoms with Crippen LogP contribution in [0.4, 0.5) is 0 Å². The summed E-state index contributed by atoms with van der Waals surface area (Å²) in [7, 11) is 1.55. The Morgan fingerprint density at radius 1 is 1.42 bits per heavy atom. The minimum Gasteiger partial charge on any atom is -0.375 e. The van der Waals surface area contributed by atoms with E-state index in [0.717, 1.165) is 44.3 Å². The lowest BCUT2D eigenvalue weighted by atomic mass is 9.93. The first-order valence-electron chi connectivity index (χ1n) is 8.26. The van der Waals surface area contributed by atoms with Gasteiger partial charge in [0.2, 0.25) is 5.91 Å². The van der Waals surface area contributed by atoms with E-state index in [0.29, 0.717) is 17.6 Å². The molecule has 2 aromatic rings. The fourth-order valence-corrected chi connectivity index (χ4v) is 3.04. The number of carbonyl (C=O) groups is 1. The molecule has 24 heavy (non-hydrogen) atoms. The number of nitrogens with zero attached hydrogens (tertiary/aromatic N) is 4. The summed E-state index contributed by atoms with van der Waals surface area (Å²) in [6, 6.07) is 3.69. The number of aryl methyl sites for hydroxylation is 1. The molecule has 3 heterocycles. The molecular weight excluding hydrogens is 308 g/mol. The molecule has 1 fully saturated rings. The number of likely N-dealkylation sites (tertiary alicyclic amines) is 1. The Kier molecular flexibility index (Phi) is 5.53. The van der Waals surface area contributed by atoms with Crippen LogP contribution in [0.2, 0.25) is 0 Å². The van der Waals surface area contributed by atoms with Gasteiger partial charge in [0.15, 0.2) is 5.82 Å². The molecule has 0 aromatic carbocycles. The average molecular weight is 330 g/mol. The molecule has 128 valence electrons. The van der Waals surface area contributed by atoms with Gasteiger partial charge in [0.1, 0.15) is 6.61 Å². The zero-order valence-corrected chi connectivity index (χ0v) is 13.9. The summed E-state index contributed by atoms with van der Waals surface area (Å²) in [5, 5.41) is 4.05. The number of piperidine rings is 1. The Bertz CT molecular complexity index is 659. The van der Waals surface area contributed by atoms with E-state index in [1.54, 1.807) is 19.5 Å². The van der Waals surface area contributed by atoms with Crippen molar-refractivity contribution in [3.63, 3.8) is 0 Å². The minimum atomic E-state index is 0.0711. The van der Waals surface area contributed by atoms with Crippen molar-refractivity contribution in [3.8, 4) is 11.5 Å². The minimum absolute atomic E-state index is 0.0711. The third kappa shape index (κ3) is 4.17. The van der Waals surface area contributed by atoms with Crippen LogP contribution in [0.1, 0.15) is 25.1 Å². The average Bonchev–Trinajstić information content (AvgIpc) is 3.10. The third-order valence-electron chi connectivity index (χ3n) is 4.31. The Hall–Kier alpha value is -2.28. The highest BCUT2D eigenvalue weighted by Gasteiger charge is 2.23. The van der Waals surface area contributed by atoms with Gasteiger partial charge in [-0.2, -0.15) is 4.98 Å². The highest BCUT2D eigenvalue weighted by atomic mass is 16.5. The number of ether oxygens (including phenoxy) is 1. The number of pyridine rings is 1. The number of rotatable bonds is 6. The van der Waals surface area contributed by atoms with Crippen LogP contribution >= 0.6 is 0 Å². The largest absolute Gasteiger partial charge is 0.375 e. The van der Waals surface area contributed by atoms with Gasteiger partial charge in [0.05, 0.1) is 0 Å². The summed E-state index contributed by atoms with van der Waals surface area (Å²) < 4.78 is 10.3. The molecule has 7 heteroatoms. The summed E-state index contributed by atoms with van der Waals surface area (Å²) in [5.41, 5.74) is 0.873.